The molecule has 0 aliphatic heterocycles. The maximum atomic E-state index is 8.57. The van der Waals surface area contributed by atoms with Crippen LogP contribution in [0, 0.1) is 23.0 Å². The van der Waals surface area contributed by atoms with Crippen LogP contribution in [0.2, 0.25) is 0 Å². The van der Waals surface area contributed by atoms with Gasteiger partial charge in [-0.15, -0.1) is 10.5 Å². The van der Waals surface area contributed by atoms with Crippen molar-refractivity contribution in [1.82, 2.24) is 0 Å². The highest BCUT2D eigenvalue weighted by Gasteiger charge is 2.02. The van der Waals surface area contributed by atoms with Crippen LogP contribution in [-0.2, 0) is 19.3 Å². The number of nitrogens with zero attached hydrogens (tertiary/aromatic N) is 2. The molecule has 0 saturated carbocycles. The molecule has 0 atom stereocenters. The first-order valence-electron chi connectivity index (χ1n) is 11.3. The molecule has 0 fully saturated rings. The zero-order valence-corrected chi connectivity index (χ0v) is 19.2. The Balaban J connectivity index is 1.22. The lowest BCUT2D eigenvalue weighted by atomic mass is 10.0. The molecule has 0 amide bonds. The molecule has 4 aromatic rings. The fraction of sp³-hybridized carbons (Fsp3) is 0.133. The fourth-order valence-electron chi connectivity index (χ4n) is 3.74. The van der Waals surface area contributed by atoms with Gasteiger partial charge in [-0.3, -0.25) is 0 Å². The zero-order chi connectivity index (χ0) is 24.3. The van der Waals surface area contributed by atoms with E-state index in [-0.39, 0.29) is 0 Å². The van der Waals surface area contributed by atoms with E-state index in [0.29, 0.717) is 18.1 Å². The van der Waals surface area contributed by atoms with Crippen LogP contribution < -0.4 is 14.2 Å². The molecule has 0 aromatic heterocycles. The molecule has 0 radical (unpaired) electrons. The van der Waals surface area contributed by atoms with Gasteiger partial charge in [-0.25, -0.2) is 0 Å². The molecular weight excluding hydrogens is 436 g/mol. The zero-order valence-electron chi connectivity index (χ0n) is 19.2. The molecule has 35 heavy (non-hydrogen) atoms. The molecule has 0 N–H and O–H groups in total. The Morgan fingerprint density at radius 3 is 1.20 bits per heavy atom. The van der Waals surface area contributed by atoms with Crippen LogP contribution >= 0.6 is 0 Å². The van der Waals surface area contributed by atoms with Crippen LogP contribution in [-0.4, -0.2) is 6.61 Å². The maximum Gasteiger partial charge on any atom is 0.292 e. The molecule has 172 valence electrons. The average Bonchev–Trinajstić information content (AvgIpc) is 2.89. The van der Waals surface area contributed by atoms with E-state index in [1.807, 2.05) is 36.4 Å². The normalized spacial score (nSPS) is 10.1. The Kier molecular flexibility index (Phi) is 7.98. The smallest absolute Gasteiger partial charge is 0.292 e. The van der Waals surface area contributed by atoms with Gasteiger partial charge < -0.3 is 14.2 Å². The van der Waals surface area contributed by atoms with Crippen molar-refractivity contribution in [3.63, 3.8) is 0 Å². The largest absolute Gasteiger partial charge is 0.493 e. The first kappa shape index (κ1) is 23.4. The van der Waals surface area contributed by atoms with Crippen molar-refractivity contribution in [2.24, 2.45) is 0 Å². The molecule has 0 saturated heterocycles. The lowest BCUT2D eigenvalue weighted by Crippen LogP contribution is -2.01. The molecule has 0 bridgehead atoms. The molecule has 0 heterocycles. The summed E-state index contributed by atoms with van der Waals surface area (Å²) in [5.41, 5.74) is 5.96. The highest BCUT2D eigenvalue weighted by atomic mass is 16.5. The Morgan fingerprint density at radius 2 is 0.800 bits per heavy atom. The molecule has 0 unspecified atom stereocenters. The molecule has 0 aliphatic carbocycles. The molecule has 0 aliphatic rings. The number of benzene rings is 4. The third-order valence-electron chi connectivity index (χ3n) is 5.60. The number of hydrogen-bond donors (Lipinski definition) is 0. The second-order valence-electron chi connectivity index (χ2n) is 8.09. The quantitative estimate of drug-likeness (QED) is 0.263. The van der Waals surface area contributed by atoms with E-state index in [4.69, 9.17) is 24.7 Å². The van der Waals surface area contributed by atoms with Gasteiger partial charge in [0.15, 0.2) is 0 Å². The lowest BCUT2D eigenvalue weighted by Gasteiger charge is -2.09. The summed E-state index contributed by atoms with van der Waals surface area (Å²) in [5, 5.41) is 17.1. The monoisotopic (exact) mass is 460 g/mol. The molecule has 5 heteroatoms. The van der Waals surface area contributed by atoms with Crippen LogP contribution in [0.1, 0.15) is 27.8 Å². The Morgan fingerprint density at radius 1 is 0.457 bits per heavy atom. The first-order valence-corrected chi connectivity index (χ1v) is 11.3. The van der Waals surface area contributed by atoms with Crippen LogP contribution in [0.5, 0.6) is 17.2 Å². The van der Waals surface area contributed by atoms with Gasteiger partial charge in [0.05, 0.1) is 6.61 Å². The van der Waals surface area contributed by atoms with E-state index < -0.39 is 0 Å². The Labute approximate surface area is 205 Å². The summed E-state index contributed by atoms with van der Waals surface area (Å²) in [6.45, 7) is 0.611. The van der Waals surface area contributed by atoms with Crippen LogP contribution in [0.3, 0.4) is 0 Å². The van der Waals surface area contributed by atoms with Gasteiger partial charge in [0, 0.05) is 6.42 Å². The minimum Gasteiger partial charge on any atom is -0.493 e. The first-order chi connectivity index (χ1) is 17.2. The van der Waals surface area contributed by atoms with Gasteiger partial charge in [-0.2, -0.15) is 0 Å². The van der Waals surface area contributed by atoms with Crippen LogP contribution in [0.4, 0.5) is 0 Å². The fourth-order valence-corrected chi connectivity index (χ4v) is 3.74. The number of ether oxygens (including phenoxy) is 3. The molecular formula is C30H24N2O3. The summed E-state index contributed by atoms with van der Waals surface area (Å²) < 4.78 is 15.6. The van der Waals surface area contributed by atoms with E-state index in [1.165, 1.54) is 22.3 Å². The summed E-state index contributed by atoms with van der Waals surface area (Å²) in [6, 6.07) is 31.8. The van der Waals surface area contributed by atoms with Crippen molar-refractivity contribution in [2.45, 2.75) is 19.3 Å². The minimum absolute atomic E-state index is 0.549. The van der Waals surface area contributed by atoms with Gasteiger partial charge in [0.25, 0.3) is 12.5 Å². The van der Waals surface area contributed by atoms with Gasteiger partial charge in [0.2, 0.25) is 0 Å². The summed E-state index contributed by atoms with van der Waals surface area (Å²) >= 11 is 0. The Hall–Kier alpha value is -4.74. The third-order valence-corrected chi connectivity index (χ3v) is 5.60. The topological polar surface area (TPSA) is 75.3 Å². The highest BCUT2D eigenvalue weighted by molar-refractivity contribution is 5.35. The molecule has 0 spiro atoms. The second kappa shape index (κ2) is 11.9. The predicted octanol–water partition coefficient (Wildman–Crippen LogP) is 6.21. The van der Waals surface area contributed by atoms with Crippen molar-refractivity contribution in [3.05, 3.63) is 125 Å². The molecule has 4 rings (SSSR count). The van der Waals surface area contributed by atoms with Crippen molar-refractivity contribution >= 4 is 0 Å². The third kappa shape index (κ3) is 7.12. The van der Waals surface area contributed by atoms with Crippen molar-refractivity contribution in [3.8, 4) is 29.8 Å². The van der Waals surface area contributed by atoms with Gasteiger partial charge >= 0.3 is 0 Å². The van der Waals surface area contributed by atoms with Crippen LogP contribution in [0.25, 0.3) is 0 Å². The van der Waals surface area contributed by atoms with E-state index in [9.17, 15) is 0 Å². The number of nitriles is 2. The standard InChI is InChI=1S/C30H24N2O3/c31-21-34-29-13-7-26(8-14-29)19-24-3-1-23(2-4-24)17-18-33-28-11-5-25(6-12-28)20-27-9-15-30(16-10-27)35-22-32/h1-16H,17-20H2. The highest BCUT2D eigenvalue weighted by Crippen LogP contribution is 2.19. The summed E-state index contributed by atoms with van der Waals surface area (Å²) in [7, 11) is 0. The summed E-state index contributed by atoms with van der Waals surface area (Å²) in [5.74, 6) is 1.96. The van der Waals surface area contributed by atoms with Gasteiger partial charge in [-0.1, -0.05) is 60.7 Å². The predicted molar refractivity (Wildman–Crippen MR) is 133 cm³/mol. The maximum absolute atomic E-state index is 8.57. The summed E-state index contributed by atoms with van der Waals surface area (Å²) in [6.07, 6.45) is 5.82. The van der Waals surface area contributed by atoms with E-state index in [1.54, 1.807) is 36.8 Å². The Bertz CT molecular complexity index is 1190. The lowest BCUT2D eigenvalue weighted by molar-refractivity contribution is 0.322. The minimum atomic E-state index is 0.549. The van der Waals surface area contributed by atoms with Crippen molar-refractivity contribution < 1.29 is 14.2 Å². The van der Waals surface area contributed by atoms with Crippen molar-refractivity contribution in [2.75, 3.05) is 6.61 Å². The molecule has 4 aromatic carbocycles. The SMILES string of the molecule is N#COc1ccc(Cc2ccc(CCOc3ccc(Cc4ccc(OC#N)cc4)cc3)cc2)cc1. The molecule has 5 nitrogen and oxygen atoms in total. The van der Waals surface area contributed by atoms with E-state index in [0.717, 1.165) is 30.6 Å². The van der Waals surface area contributed by atoms with Gasteiger partial charge in [-0.05, 0) is 77.1 Å². The van der Waals surface area contributed by atoms with Gasteiger partial charge in [0.1, 0.15) is 17.2 Å². The van der Waals surface area contributed by atoms with E-state index in [2.05, 4.69) is 36.4 Å². The van der Waals surface area contributed by atoms with Crippen LogP contribution in [0.15, 0.2) is 97.1 Å². The van der Waals surface area contributed by atoms with E-state index >= 15 is 0 Å². The second-order valence-corrected chi connectivity index (χ2v) is 8.09. The number of rotatable bonds is 10. The van der Waals surface area contributed by atoms with Crippen molar-refractivity contribution in [1.29, 1.82) is 10.5 Å². The average molecular weight is 461 g/mol. The number of hydrogen-bond acceptors (Lipinski definition) is 5. The summed E-state index contributed by atoms with van der Waals surface area (Å²) in [4.78, 5) is 0.